The molecule has 0 aliphatic rings. The second-order valence-electron chi connectivity index (χ2n) is 6.07. The van der Waals surface area contributed by atoms with E-state index in [4.69, 9.17) is 10.9 Å². The normalized spacial score (nSPS) is 11.2. The van der Waals surface area contributed by atoms with Crippen LogP contribution in [-0.2, 0) is 17.4 Å². The maximum Gasteiger partial charge on any atom is 0.419 e. The van der Waals surface area contributed by atoms with Crippen LogP contribution in [0.1, 0.15) is 69.5 Å². The standard InChI is InChI=1S/C15H21F3INO2S.C2H8N2/c16-15(17,18)12-10(20-14(23)13(12)19)8-6-4-2-1-3-5-7-9-11(21)22;1-2-4-3/h20,23H,1-9H2,(H,21,22);4H,2-3H2,1H3. The molecule has 0 saturated heterocycles. The van der Waals surface area contributed by atoms with Crippen LogP contribution in [0.2, 0.25) is 0 Å². The lowest BCUT2D eigenvalue weighted by Crippen LogP contribution is -2.20. The molecule has 0 aliphatic heterocycles. The third-order valence-electron chi connectivity index (χ3n) is 3.80. The van der Waals surface area contributed by atoms with Gasteiger partial charge in [0.2, 0.25) is 0 Å². The average molecular weight is 523 g/mol. The van der Waals surface area contributed by atoms with E-state index in [9.17, 15) is 18.0 Å². The molecule has 0 aliphatic carbocycles. The molecule has 0 atom stereocenters. The van der Waals surface area contributed by atoms with Gasteiger partial charge in [0.1, 0.15) is 0 Å². The van der Waals surface area contributed by atoms with Crippen molar-refractivity contribution < 1.29 is 23.1 Å². The van der Waals surface area contributed by atoms with Gasteiger partial charge in [-0.15, -0.1) is 12.6 Å². The van der Waals surface area contributed by atoms with E-state index in [2.05, 4.69) is 23.0 Å². The van der Waals surface area contributed by atoms with Crippen LogP contribution >= 0.6 is 35.2 Å². The highest BCUT2D eigenvalue weighted by Gasteiger charge is 2.37. The molecule has 1 heterocycles. The summed E-state index contributed by atoms with van der Waals surface area (Å²) in [6.07, 6.45) is 2.29. The number of halogens is 4. The zero-order chi connectivity index (χ0) is 20.9. The van der Waals surface area contributed by atoms with Crippen molar-refractivity contribution in [3.05, 3.63) is 14.8 Å². The van der Waals surface area contributed by atoms with E-state index in [0.717, 1.165) is 38.6 Å². The maximum atomic E-state index is 13.0. The van der Waals surface area contributed by atoms with Gasteiger partial charge in [0, 0.05) is 18.7 Å². The number of unbranched alkanes of at least 4 members (excludes halogenated alkanes) is 6. The summed E-state index contributed by atoms with van der Waals surface area (Å²) in [5.41, 5.74) is 2.06. The summed E-state index contributed by atoms with van der Waals surface area (Å²) < 4.78 is 39.2. The predicted octanol–water partition coefficient (Wildman–Crippen LogP) is 5.14. The molecule has 27 heavy (non-hydrogen) atoms. The Labute approximate surface area is 177 Å². The Morgan fingerprint density at radius 1 is 1.19 bits per heavy atom. The molecule has 0 fully saturated rings. The number of aryl methyl sites for hydroxylation is 1. The minimum absolute atomic E-state index is 0.131. The van der Waals surface area contributed by atoms with Crippen molar-refractivity contribution in [3.8, 4) is 0 Å². The Morgan fingerprint density at radius 3 is 2.11 bits per heavy atom. The molecular formula is C17H29F3IN3O2S. The van der Waals surface area contributed by atoms with E-state index in [1.807, 2.05) is 6.92 Å². The lowest BCUT2D eigenvalue weighted by molar-refractivity contribution is -0.139. The molecule has 0 bridgehead atoms. The molecule has 1 aromatic rings. The molecule has 10 heteroatoms. The Balaban J connectivity index is 0.00000153. The lowest BCUT2D eigenvalue weighted by atomic mass is 10.0. The number of carboxylic acids is 1. The first kappa shape index (κ1) is 26.5. The third-order valence-corrected chi connectivity index (χ3v) is 5.64. The van der Waals surface area contributed by atoms with Crippen LogP contribution in [0.5, 0.6) is 0 Å². The van der Waals surface area contributed by atoms with Gasteiger partial charge < -0.3 is 10.1 Å². The Morgan fingerprint density at radius 2 is 1.67 bits per heavy atom. The fraction of sp³-hybridized carbons (Fsp3) is 0.706. The highest BCUT2D eigenvalue weighted by atomic mass is 127. The molecular weight excluding hydrogens is 494 g/mol. The molecule has 0 spiro atoms. The maximum absolute atomic E-state index is 13.0. The van der Waals surface area contributed by atoms with Crippen molar-refractivity contribution in [2.24, 2.45) is 5.84 Å². The van der Waals surface area contributed by atoms with Gasteiger partial charge in [-0.05, 0) is 41.9 Å². The van der Waals surface area contributed by atoms with E-state index >= 15 is 0 Å². The summed E-state index contributed by atoms with van der Waals surface area (Å²) in [5, 5.41) is 8.78. The number of hydrogen-bond donors (Lipinski definition) is 5. The van der Waals surface area contributed by atoms with Gasteiger partial charge in [0.15, 0.2) is 0 Å². The van der Waals surface area contributed by atoms with Gasteiger partial charge in [-0.25, -0.2) is 0 Å². The number of carboxylic acid groups (broad SMARTS) is 1. The van der Waals surface area contributed by atoms with E-state index in [1.165, 1.54) is 0 Å². The quantitative estimate of drug-likeness (QED) is 0.0913. The third kappa shape index (κ3) is 11.9. The number of rotatable bonds is 11. The Bertz CT molecular complexity index is 552. The van der Waals surface area contributed by atoms with Crippen molar-refractivity contribution in [2.45, 2.75) is 75.9 Å². The molecule has 0 saturated carbocycles. The van der Waals surface area contributed by atoms with E-state index in [-0.39, 0.29) is 20.7 Å². The first-order valence-electron chi connectivity index (χ1n) is 8.96. The van der Waals surface area contributed by atoms with Gasteiger partial charge in [-0.3, -0.25) is 16.1 Å². The number of aliphatic carboxylic acids is 1. The topological polar surface area (TPSA) is 91.1 Å². The van der Waals surface area contributed by atoms with Crippen molar-refractivity contribution in [1.82, 2.24) is 10.4 Å². The predicted molar refractivity (Wildman–Crippen MR) is 112 cm³/mol. The van der Waals surface area contributed by atoms with E-state index in [1.54, 1.807) is 22.6 Å². The number of carbonyl (C=O) groups is 1. The molecule has 0 unspecified atom stereocenters. The number of nitrogens with one attached hydrogen (secondary N) is 2. The number of aromatic amines is 1. The van der Waals surface area contributed by atoms with Crippen LogP contribution in [0.4, 0.5) is 13.2 Å². The minimum Gasteiger partial charge on any atom is -0.481 e. The number of hydrazine groups is 1. The van der Waals surface area contributed by atoms with Gasteiger partial charge >= 0.3 is 12.1 Å². The zero-order valence-electron chi connectivity index (χ0n) is 15.5. The fourth-order valence-corrected chi connectivity index (χ4v) is 3.47. The van der Waals surface area contributed by atoms with Crippen molar-refractivity contribution in [1.29, 1.82) is 0 Å². The largest absolute Gasteiger partial charge is 0.481 e. The Kier molecular flexibility index (Phi) is 14.3. The molecule has 0 aromatic carbocycles. The molecule has 1 aromatic heterocycles. The van der Waals surface area contributed by atoms with Crippen LogP contribution in [0.3, 0.4) is 0 Å². The molecule has 5 nitrogen and oxygen atoms in total. The second kappa shape index (κ2) is 14.5. The molecule has 158 valence electrons. The van der Waals surface area contributed by atoms with E-state index < -0.39 is 17.7 Å². The van der Waals surface area contributed by atoms with Crippen molar-refractivity contribution in [3.63, 3.8) is 0 Å². The van der Waals surface area contributed by atoms with Crippen LogP contribution in [-0.4, -0.2) is 22.6 Å². The summed E-state index contributed by atoms with van der Waals surface area (Å²) in [6, 6.07) is 0. The van der Waals surface area contributed by atoms with Crippen LogP contribution in [0, 0.1) is 3.57 Å². The minimum atomic E-state index is -4.35. The summed E-state index contributed by atoms with van der Waals surface area (Å²) in [6.45, 7) is 2.79. The number of thiol groups is 1. The molecule has 1 rings (SSSR count). The zero-order valence-corrected chi connectivity index (χ0v) is 18.5. The van der Waals surface area contributed by atoms with Gasteiger partial charge in [-0.1, -0.05) is 39.0 Å². The van der Waals surface area contributed by atoms with Crippen LogP contribution in [0.25, 0.3) is 0 Å². The number of alkyl halides is 3. The molecule has 5 N–H and O–H groups in total. The summed E-state index contributed by atoms with van der Waals surface area (Å²) in [7, 11) is 0. The van der Waals surface area contributed by atoms with Crippen molar-refractivity contribution in [2.75, 3.05) is 6.54 Å². The summed E-state index contributed by atoms with van der Waals surface area (Å²) >= 11 is 5.71. The SMILES string of the molecule is CCNN.O=C(O)CCCCCCCCCc1[nH]c(S)c(I)c1C(F)(F)F. The number of hydrogen-bond acceptors (Lipinski definition) is 4. The average Bonchev–Trinajstić information content (AvgIpc) is 2.87. The smallest absolute Gasteiger partial charge is 0.419 e. The fourth-order valence-electron chi connectivity index (χ4n) is 2.46. The van der Waals surface area contributed by atoms with Crippen LogP contribution < -0.4 is 11.3 Å². The van der Waals surface area contributed by atoms with E-state index in [0.29, 0.717) is 19.3 Å². The number of aromatic nitrogens is 1. The molecule has 0 radical (unpaired) electrons. The van der Waals surface area contributed by atoms with Gasteiger partial charge in [-0.2, -0.15) is 13.2 Å². The highest BCUT2D eigenvalue weighted by Crippen LogP contribution is 2.38. The summed E-state index contributed by atoms with van der Waals surface area (Å²) in [4.78, 5) is 13.1. The monoisotopic (exact) mass is 523 g/mol. The van der Waals surface area contributed by atoms with Crippen molar-refractivity contribution >= 4 is 41.2 Å². The second-order valence-corrected chi connectivity index (χ2v) is 7.59. The van der Waals surface area contributed by atoms with Crippen LogP contribution in [0.15, 0.2) is 5.03 Å². The Hall–Kier alpha value is -0.460. The highest BCUT2D eigenvalue weighted by molar-refractivity contribution is 14.1. The van der Waals surface area contributed by atoms with Gasteiger partial charge in [0.25, 0.3) is 0 Å². The first-order valence-corrected chi connectivity index (χ1v) is 10.5. The lowest BCUT2D eigenvalue weighted by Gasteiger charge is -2.09. The first-order chi connectivity index (χ1) is 12.6. The number of nitrogens with two attached hydrogens (primary N) is 1. The molecule has 0 amide bonds. The summed E-state index contributed by atoms with van der Waals surface area (Å²) in [5.74, 6) is 4.01. The number of H-pyrrole nitrogens is 1. The van der Waals surface area contributed by atoms with Gasteiger partial charge in [0.05, 0.1) is 14.2 Å².